The fourth-order valence-electron chi connectivity index (χ4n) is 4.11. The van der Waals surface area contributed by atoms with E-state index in [0.29, 0.717) is 12.5 Å². The zero-order valence-electron chi connectivity index (χ0n) is 17.2. The Bertz CT molecular complexity index is 954. The topological polar surface area (TPSA) is 72.7 Å². The van der Waals surface area contributed by atoms with Crippen LogP contribution in [0.1, 0.15) is 48.7 Å². The molecule has 1 aliphatic rings. The van der Waals surface area contributed by atoms with Gasteiger partial charge in [0.1, 0.15) is 0 Å². The van der Waals surface area contributed by atoms with E-state index in [0.717, 1.165) is 40.8 Å². The van der Waals surface area contributed by atoms with Crippen LogP contribution in [0.5, 0.6) is 0 Å². The van der Waals surface area contributed by atoms with Gasteiger partial charge in [-0.05, 0) is 36.5 Å². The van der Waals surface area contributed by atoms with Gasteiger partial charge in [0.25, 0.3) is 0 Å². The van der Waals surface area contributed by atoms with Gasteiger partial charge in [0, 0.05) is 19.0 Å². The number of amides is 1. The van der Waals surface area contributed by atoms with E-state index in [4.69, 9.17) is 0 Å². The van der Waals surface area contributed by atoms with Gasteiger partial charge in [-0.2, -0.15) is 0 Å². The Morgan fingerprint density at radius 1 is 1.13 bits per heavy atom. The molecule has 1 aromatic carbocycles. The first-order valence-corrected chi connectivity index (χ1v) is 11.4. The fraction of sp³-hybridized carbons (Fsp3) is 0.391. The van der Waals surface area contributed by atoms with E-state index in [1.54, 1.807) is 18.0 Å². The number of aromatic nitrogens is 4. The van der Waals surface area contributed by atoms with Crippen molar-refractivity contribution in [3.8, 4) is 0 Å². The summed E-state index contributed by atoms with van der Waals surface area (Å²) in [6.07, 6.45) is 6.44. The van der Waals surface area contributed by atoms with E-state index >= 15 is 0 Å². The summed E-state index contributed by atoms with van der Waals surface area (Å²) in [6.45, 7) is 0.378. The second-order valence-corrected chi connectivity index (χ2v) is 8.66. The third-order valence-corrected chi connectivity index (χ3v) is 6.79. The van der Waals surface area contributed by atoms with Crippen LogP contribution in [0.2, 0.25) is 0 Å². The summed E-state index contributed by atoms with van der Waals surface area (Å²) in [5.41, 5.74) is 2.11. The van der Waals surface area contributed by atoms with Gasteiger partial charge in [0.15, 0.2) is 11.0 Å². The summed E-state index contributed by atoms with van der Waals surface area (Å²) in [6, 6.07) is 16.0. The van der Waals surface area contributed by atoms with Gasteiger partial charge in [0.05, 0.1) is 18.2 Å². The van der Waals surface area contributed by atoms with Gasteiger partial charge < -0.3 is 9.88 Å². The first kappa shape index (κ1) is 20.6. The molecule has 1 N–H and O–H groups in total. The largest absolute Gasteiger partial charge is 0.348 e. The molecule has 1 amide bonds. The standard InChI is InChI=1S/C23H27N5OS/c1-28-20(26-27-23(28)30-16-19-13-7-8-14-24-19)15-25-22(29)21(18-11-5-6-12-18)17-9-3-2-4-10-17/h2-4,7-10,13-14,18,21H,5-6,11-12,15-16H2,1H3,(H,25,29)/t21-/m0/s1. The van der Waals surface area contributed by atoms with E-state index in [-0.39, 0.29) is 11.8 Å². The van der Waals surface area contributed by atoms with Crippen LogP contribution in [0.3, 0.4) is 0 Å². The summed E-state index contributed by atoms with van der Waals surface area (Å²) < 4.78 is 1.95. The van der Waals surface area contributed by atoms with Crippen molar-refractivity contribution in [2.45, 2.75) is 49.1 Å². The van der Waals surface area contributed by atoms with E-state index < -0.39 is 0 Å². The minimum atomic E-state index is -0.0973. The number of hydrogen-bond donors (Lipinski definition) is 1. The van der Waals surface area contributed by atoms with Crippen LogP contribution < -0.4 is 5.32 Å². The van der Waals surface area contributed by atoms with Crippen LogP contribution in [-0.2, 0) is 24.1 Å². The molecule has 0 unspecified atom stereocenters. The number of thioether (sulfide) groups is 1. The van der Waals surface area contributed by atoms with Crippen LogP contribution in [0.15, 0.2) is 59.9 Å². The number of nitrogens with one attached hydrogen (secondary N) is 1. The summed E-state index contributed by atoms with van der Waals surface area (Å²) in [5.74, 6) is 1.89. The molecule has 0 aliphatic heterocycles. The number of pyridine rings is 1. The summed E-state index contributed by atoms with van der Waals surface area (Å²) in [7, 11) is 1.94. The predicted molar refractivity (Wildman–Crippen MR) is 118 cm³/mol. The minimum absolute atomic E-state index is 0.0822. The van der Waals surface area contributed by atoms with Gasteiger partial charge in [-0.25, -0.2) is 0 Å². The van der Waals surface area contributed by atoms with Gasteiger partial charge in [-0.3, -0.25) is 9.78 Å². The fourth-order valence-corrected chi connectivity index (χ4v) is 4.96. The van der Waals surface area contributed by atoms with Gasteiger partial charge in [-0.15, -0.1) is 10.2 Å². The maximum Gasteiger partial charge on any atom is 0.228 e. The van der Waals surface area contributed by atoms with Crippen LogP contribution in [0.25, 0.3) is 0 Å². The predicted octanol–water partition coefficient (Wildman–Crippen LogP) is 4.09. The van der Waals surface area contributed by atoms with Crippen molar-refractivity contribution < 1.29 is 4.79 Å². The van der Waals surface area contributed by atoms with Crippen LogP contribution in [0, 0.1) is 5.92 Å². The first-order chi connectivity index (χ1) is 14.7. The maximum absolute atomic E-state index is 13.2. The zero-order chi connectivity index (χ0) is 20.8. The van der Waals surface area contributed by atoms with Crippen molar-refractivity contribution in [1.82, 2.24) is 25.1 Å². The lowest BCUT2D eigenvalue weighted by atomic mass is 9.84. The van der Waals surface area contributed by atoms with E-state index in [9.17, 15) is 4.79 Å². The Labute approximate surface area is 181 Å². The molecule has 4 rings (SSSR count). The molecular formula is C23H27N5OS. The lowest BCUT2D eigenvalue weighted by Crippen LogP contribution is -2.33. The molecule has 2 aromatic heterocycles. The molecule has 30 heavy (non-hydrogen) atoms. The molecule has 156 valence electrons. The lowest BCUT2D eigenvalue weighted by molar-refractivity contribution is -0.124. The molecule has 0 saturated heterocycles. The van der Waals surface area contributed by atoms with Crippen molar-refractivity contribution >= 4 is 17.7 Å². The van der Waals surface area contributed by atoms with Crippen molar-refractivity contribution in [1.29, 1.82) is 0 Å². The molecule has 3 aromatic rings. The number of carbonyl (C=O) groups excluding carboxylic acids is 1. The number of carbonyl (C=O) groups is 1. The molecular weight excluding hydrogens is 394 g/mol. The first-order valence-electron chi connectivity index (χ1n) is 10.5. The minimum Gasteiger partial charge on any atom is -0.348 e. The molecule has 6 nitrogen and oxygen atoms in total. The van der Waals surface area contributed by atoms with E-state index in [1.165, 1.54) is 12.8 Å². The number of hydrogen-bond acceptors (Lipinski definition) is 5. The monoisotopic (exact) mass is 421 g/mol. The summed E-state index contributed by atoms with van der Waals surface area (Å²) in [5, 5.41) is 12.5. The van der Waals surface area contributed by atoms with Crippen molar-refractivity contribution in [2.24, 2.45) is 13.0 Å². The van der Waals surface area contributed by atoms with Gasteiger partial charge in [-0.1, -0.05) is 61.0 Å². The lowest BCUT2D eigenvalue weighted by Gasteiger charge is -2.23. The van der Waals surface area contributed by atoms with Crippen LogP contribution in [0.4, 0.5) is 0 Å². The molecule has 1 atom stereocenters. The van der Waals surface area contributed by atoms with Gasteiger partial charge in [0.2, 0.25) is 5.91 Å². The highest BCUT2D eigenvalue weighted by Crippen LogP contribution is 2.37. The zero-order valence-corrected chi connectivity index (χ0v) is 18.0. The van der Waals surface area contributed by atoms with Crippen LogP contribution in [-0.4, -0.2) is 25.7 Å². The smallest absolute Gasteiger partial charge is 0.228 e. The van der Waals surface area contributed by atoms with E-state index in [1.807, 2.05) is 48.0 Å². The highest BCUT2D eigenvalue weighted by Gasteiger charge is 2.32. The van der Waals surface area contributed by atoms with Crippen molar-refractivity contribution in [3.05, 3.63) is 71.8 Å². The molecule has 1 fully saturated rings. The second kappa shape index (κ2) is 9.89. The van der Waals surface area contributed by atoms with Crippen molar-refractivity contribution in [2.75, 3.05) is 0 Å². The summed E-state index contributed by atoms with van der Waals surface area (Å²) >= 11 is 1.59. The Hall–Kier alpha value is -2.67. The van der Waals surface area contributed by atoms with Crippen molar-refractivity contribution in [3.63, 3.8) is 0 Å². The average Bonchev–Trinajstić information content (AvgIpc) is 3.43. The third kappa shape index (κ3) is 4.90. The maximum atomic E-state index is 13.2. The Balaban J connectivity index is 1.39. The molecule has 1 aliphatic carbocycles. The number of benzene rings is 1. The highest BCUT2D eigenvalue weighted by atomic mass is 32.2. The Morgan fingerprint density at radius 2 is 1.90 bits per heavy atom. The normalized spacial score (nSPS) is 15.2. The van der Waals surface area contributed by atoms with Gasteiger partial charge >= 0.3 is 0 Å². The molecule has 0 spiro atoms. The Kier molecular flexibility index (Phi) is 6.79. The molecule has 1 saturated carbocycles. The molecule has 0 bridgehead atoms. The SMILES string of the molecule is Cn1c(CNC(=O)[C@@H](c2ccccc2)C2CCCC2)nnc1SCc1ccccn1. The van der Waals surface area contributed by atoms with E-state index in [2.05, 4.69) is 32.6 Å². The third-order valence-electron chi connectivity index (χ3n) is 5.73. The number of nitrogens with zero attached hydrogens (tertiary/aromatic N) is 4. The number of rotatable bonds is 8. The molecule has 2 heterocycles. The highest BCUT2D eigenvalue weighted by molar-refractivity contribution is 7.98. The average molecular weight is 422 g/mol. The Morgan fingerprint density at radius 3 is 2.63 bits per heavy atom. The molecule has 7 heteroatoms. The second-order valence-electron chi connectivity index (χ2n) is 7.72. The summed E-state index contributed by atoms with van der Waals surface area (Å²) in [4.78, 5) is 17.5. The molecule has 0 radical (unpaired) electrons. The quantitative estimate of drug-likeness (QED) is 0.555. The van der Waals surface area contributed by atoms with Crippen LogP contribution >= 0.6 is 11.8 Å².